The zero-order chi connectivity index (χ0) is 16.0. The van der Waals surface area contributed by atoms with Crippen LogP contribution >= 0.6 is 0 Å². The molecule has 3 rings (SSSR count). The standard InChI is InChI=1S/C18H27N3O/c1-5-19-16(22)21-12-17(3)10-20(11-18(17,4)13-21)15-8-6-14(2)7-9-15/h6-9H,5,10-13H2,1-4H3,(H,19,22)/t17-,18+. The third kappa shape index (κ3) is 2.34. The first-order valence-corrected chi connectivity index (χ1v) is 8.21. The second-order valence-corrected chi connectivity index (χ2v) is 7.50. The second-order valence-electron chi connectivity index (χ2n) is 7.50. The van der Waals surface area contributed by atoms with Crippen LogP contribution in [0.2, 0.25) is 0 Å². The summed E-state index contributed by atoms with van der Waals surface area (Å²) in [5.41, 5.74) is 2.90. The van der Waals surface area contributed by atoms with Gasteiger partial charge in [-0.25, -0.2) is 4.79 Å². The fourth-order valence-electron chi connectivity index (χ4n) is 4.01. The van der Waals surface area contributed by atoms with Crippen LogP contribution in [-0.4, -0.2) is 43.7 Å². The summed E-state index contributed by atoms with van der Waals surface area (Å²) in [4.78, 5) is 16.6. The van der Waals surface area contributed by atoms with E-state index in [9.17, 15) is 4.79 Å². The molecule has 0 saturated carbocycles. The first kappa shape index (κ1) is 15.2. The van der Waals surface area contributed by atoms with Crippen molar-refractivity contribution < 1.29 is 4.79 Å². The third-order valence-corrected chi connectivity index (χ3v) is 5.63. The van der Waals surface area contributed by atoms with Crippen LogP contribution in [0.4, 0.5) is 10.5 Å². The molecule has 4 heteroatoms. The maximum Gasteiger partial charge on any atom is 0.317 e. The van der Waals surface area contributed by atoms with Gasteiger partial charge in [0.2, 0.25) is 0 Å². The number of urea groups is 1. The zero-order valence-electron chi connectivity index (χ0n) is 14.1. The first-order valence-electron chi connectivity index (χ1n) is 8.21. The van der Waals surface area contributed by atoms with Gasteiger partial charge in [-0.1, -0.05) is 31.5 Å². The summed E-state index contributed by atoms with van der Waals surface area (Å²) in [5, 5.41) is 2.93. The minimum Gasteiger partial charge on any atom is -0.370 e. The largest absolute Gasteiger partial charge is 0.370 e. The van der Waals surface area contributed by atoms with Crippen molar-refractivity contribution in [2.75, 3.05) is 37.6 Å². The Morgan fingerprint density at radius 3 is 2.14 bits per heavy atom. The van der Waals surface area contributed by atoms with E-state index in [0.717, 1.165) is 26.2 Å². The molecule has 0 aliphatic carbocycles. The molecule has 2 amide bonds. The smallest absolute Gasteiger partial charge is 0.317 e. The van der Waals surface area contributed by atoms with E-state index in [1.54, 1.807) is 0 Å². The normalized spacial score (nSPS) is 30.5. The van der Waals surface area contributed by atoms with Crippen LogP contribution in [0, 0.1) is 17.8 Å². The average molecular weight is 301 g/mol. The van der Waals surface area contributed by atoms with Crippen LogP contribution in [0.5, 0.6) is 0 Å². The van der Waals surface area contributed by atoms with Crippen molar-refractivity contribution in [3.05, 3.63) is 29.8 Å². The molecule has 0 radical (unpaired) electrons. The van der Waals surface area contributed by atoms with Gasteiger partial charge in [-0.15, -0.1) is 0 Å². The lowest BCUT2D eigenvalue weighted by Gasteiger charge is -2.29. The number of aryl methyl sites for hydroxylation is 1. The number of nitrogens with one attached hydrogen (secondary N) is 1. The number of amides is 2. The Hall–Kier alpha value is -1.71. The van der Waals surface area contributed by atoms with Gasteiger partial charge in [0.1, 0.15) is 0 Å². The third-order valence-electron chi connectivity index (χ3n) is 5.63. The summed E-state index contributed by atoms with van der Waals surface area (Å²) in [6.07, 6.45) is 0. The van der Waals surface area contributed by atoms with Crippen LogP contribution in [0.15, 0.2) is 24.3 Å². The molecule has 0 bridgehead atoms. The van der Waals surface area contributed by atoms with Crippen molar-refractivity contribution in [3.63, 3.8) is 0 Å². The summed E-state index contributed by atoms with van der Waals surface area (Å²) >= 11 is 0. The lowest BCUT2D eigenvalue weighted by Crippen LogP contribution is -2.41. The van der Waals surface area contributed by atoms with E-state index in [0.29, 0.717) is 6.54 Å². The summed E-state index contributed by atoms with van der Waals surface area (Å²) in [6.45, 7) is 13.2. The van der Waals surface area contributed by atoms with Crippen LogP contribution in [-0.2, 0) is 0 Å². The highest BCUT2D eigenvalue weighted by molar-refractivity contribution is 5.75. The molecule has 1 aromatic carbocycles. The van der Waals surface area contributed by atoms with Crippen LogP contribution in [0.3, 0.4) is 0 Å². The minimum atomic E-state index is 0.0845. The SMILES string of the molecule is CCNC(=O)N1C[C@@]2(C)CN(c3ccc(C)cc3)C[C@@]2(C)C1. The first-order chi connectivity index (χ1) is 10.4. The summed E-state index contributed by atoms with van der Waals surface area (Å²) < 4.78 is 0. The van der Waals surface area contributed by atoms with Crippen LogP contribution < -0.4 is 10.2 Å². The highest BCUT2D eigenvalue weighted by Crippen LogP contribution is 2.52. The number of nitrogens with zero attached hydrogens (tertiary/aromatic N) is 2. The fraction of sp³-hybridized carbons (Fsp3) is 0.611. The lowest BCUT2D eigenvalue weighted by molar-refractivity contribution is 0.203. The van der Waals surface area contributed by atoms with E-state index in [2.05, 4.69) is 55.3 Å². The molecule has 0 unspecified atom stereocenters. The summed E-state index contributed by atoms with van der Waals surface area (Å²) in [6, 6.07) is 8.86. The highest BCUT2D eigenvalue weighted by atomic mass is 16.2. The van der Waals surface area contributed by atoms with Gasteiger partial charge in [-0.05, 0) is 26.0 Å². The molecular formula is C18H27N3O. The number of hydrogen-bond donors (Lipinski definition) is 1. The predicted molar refractivity (Wildman–Crippen MR) is 90.3 cm³/mol. The van der Waals surface area contributed by atoms with E-state index < -0.39 is 0 Å². The number of hydrogen-bond acceptors (Lipinski definition) is 2. The van der Waals surface area contributed by atoms with E-state index >= 15 is 0 Å². The van der Waals surface area contributed by atoms with Gasteiger partial charge < -0.3 is 15.1 Å². The van der Waals surface area contributed by atoms with Crippen molar-refractivity contribution in [3.8, 4) is 0 Å². The Balaban J connectivity index is 1.76. The molecule has 2 aliphatic heterocycles. The lowest BCUT2D eigenvalue weighted by atomic mass is 9.71. The Kier molecular flexibility index (Phi) is 3.58. The van der Waals surface area contributed by atoms with Gasteiger partial charge in [0.25, 0.3) is 0 Å². The second kappa shape index (κ2) is 5.18. The van der Waals surface area contributed by atoms with Gasteiger partial charge in [0.05, 0.1) is 0 Å². The average Bonchev–Trinajstić information content (AvgIpc) is 2.85. The predicted octanol–water partition coefficient (Wildman–Crippen LogP) is 2.87. The van der Waals surface area contributed by atoms with Crippen molar-refractivity contribution in [1.29, 1.82) is 0 Å². The molecular weight excluding hydrogens is 274 g/mol. The van der Waals surface area contributed by atoms with E-state index in [1.807, 2.05) is 11.8 Å². The number of carbonyl (C=O) groups is 1. The Labute approximate surface area is 133 Å². The van der Waals surface area contributed by atoms with E-state index in [4.69, 9.17) is 0 Å². The number of fused-ring (bicyclic) bond motifs is 1. The molecule has 0 spiro atoms. The molecule has 2 saturated heterocycles. The summed E-state index contributed by atoms with van der Waals surface area (Å²) in [7, 11) is 0. The Morgan fingerprint density at radius 2 is 1.64 bits per heavy atom. The number of benzene rings is 1. The topological polar surface area (TPSA) is 35.6 Å². The van der Waals surface area contributed by atoms with Gasteiger partial charge >= 0.3 is 6.03 Å². The van der Waals surface area contributed by atoms with Crippen LogP contribution in [0.25, 0.3) is 0 Å². The number of anilines is 1. The van der Waals surface area contributed by atoms with E-state index in [-0.39, 0.29) is 16.9 Å². The van der Waals surface area contributed by atoms with Crippen molar-refractivity contribution in [2.24, 2.45) is 10.8 Å². The summed E-state index contributed by atoms with van der Waals surface area (Å²) in [5.74, 6) is 0. The fourth-order valence-corrected chi connectivity index (χ4v) is 4.01. The van der Waals surface area contributed by atoms with Crippen molar-refractivity contribution in [1.82, 2.24) is 10.2 Å². The molecule has 1 aromatic rings. The molecule has 22 heavy (non-hydrogen) atoms. The number of carbonyl (C=O) groups excluding carboxylic acids is 1. The molecule has 4 nitrogen and oxygen atoms in total. The van der Waals surface area contributed by atoms with Crippen molar-refractivity contribution in [2.45, 2.75) is 27.7 Å². The minimum absolute atomic E-state index is 0.0845. The maximum atomic E-state index is 12.2. The van der Waals surface area contributed by atoms with Crippen molar-refractivity contribution >= 4 is 11.7 Å². The molecule has 2 atom stereocenters. The van der Waals surface area contributed by atoms with Gasteiger partial charge in [-0.3, -0.25) is 0 Å². The van der Waals surface area contributed by atoms with E-state index in [1.165, 1.54) is 11.3 Å². The molecule has 120 valence electrons. The van der Waals surface area contributed by atoms with Crippen LogP contribution in [0.1, 0.15) is 26.3 Å². The molecule has 2 heterocycles. The maximum absolute atomic E-state index is 12.2. The number of rotatable bonds is 2. The van der Waals surface area contributed by atoms with Gasteiger partial charge in [-0.2, -0.15) is 0 Å². The molecule has 0 aromatic heterocycles. The zero-order valence-corrected chi connectivity index (χ0v) is 14.1. The number of likely N-dealkylation sites (tertiary alicyclic amines) is 1. The Morgan fingerprint density at radius 1 is 1.09 bits per heavy atom. The quantitative estimate of drug-likeness (QED) is 0.911. The molecule has 2 aliphatic rings. The Bertz CT molecular complexity index is 550. The molecule has 1 N–H and O–H groups in total. The highest BCUT2D eigenvalue weighted by Gasteiger charge is 2.58. The van der Waals surface area contributed by atoms with Gasteiger partial charge in [0.15, 0.2) is 0 Å². The monoisotopic (exact) mass is 301 g/mol. The van der Waals surface area contributed by atoms with Gasteiger partial charge in [0, 0.05) is 49.2 Å². The molecule has 2 fully saturated rings.